The molecule has 6 heterocycles. The number of sulfonamides is 2. The molecule has 24 nitrogen and oxygen atoms in total. The van der Waals surface area contributed by atoms with E-state index in [1.165, 1.54) is 9.03 Å². The van der Waals surface area contributed by atoms with E-state index in [0.29, 0.717) is 47.0 Å². The van der Waals surface area contributed by atoms with Crippen molar-refractivity contribution >= 4 is 72.9 Å². The second-order valence-corrected chi connectivity index (χ2v) is 22.0. The van der Waals surface area contributed by atoms with Crippen LogP contribution in [-0.4, -0.2) is 173 Å². The summed E-state index contributed by atoms with van der Waals surface area (Å²) in [6.45, 7) is 9.91. The predicted octanol–water partition coefficient (Wildman–Crippen LogP) is 0.640. The second-order valence-electron chi connectivity index (χ2n) is 13.7. The Morgan fingerprint density at radius 2 is 0.906 bits per heavy atom. The minimum Gasteiger partial charge on any atom is -0.492 e. The molecule has 30 heteroatoms. The molecular formula is C34H46N10O14S6. The van der Waals surface area contributed by atoms with Gasteiger partial charge in [-0.25, -0.2) is 46.1 Å². The molecule has 6 aromatic rings. The highest BCUT2D eigenvalue weighted by Gasteiger charge is 2.19. The van der Waals surface area contributed by atoms with Crippen molar-refractivity contribution < 1.29 is 61.7 Å². The molecule has 2 aliphatic heterocycles. The number of nitrogens with zero attached hydrogens (tertiary/aromatic N) is 8. The number of rotatable bonds is 12. The lowest BCUT2D eigenvalue weighted by Crippen LogP contribution is -2.38. The van der Waals surface area contributed by atoms with E-state index in [0.717, 1.165) is 111 Å². The van der Waals surface area contributed by atoms with Gasteiger partial charge in [-0.15, -0.1) is 10.2 Å². The fraction of sp³-hybridized carbons (Fsp3) is 0.412. The van der Waals surface area contributed by atoms with Gasteiger partial charge < -0.3 is 18.9 Å². The number of hydrogen-bond donors (Lipinski definition) is 4. The summed E-state index contributed by atoms with van der Waals surface area (Å²) < 4.78 is 122. The predicted molar refractivity (Wildman–Crippen MR) is 236 cm³/mol. The number of aromatic nitrogens is 6. The van der Waals surface area contributed by atoms with Crippen LogP contribution in [0.4, 0.5) is 0 Å². The Hall–Kier alpha value is -4.28. The molecule has 0 bridgehead atoms. The van der Waals surface area contributed by atoms with Crippen LogP contribution in [0.2, 0.25) is 0 Å². The minimum atomic E-state index is -3.82. The number of ether oxygens (including phenoxy) is 4. The van der Waals surface area contributed by atoms with Gasteiger partial charge in [0.2, 0.25) is 18.6 Å². The van der Waals surface area contributed by atoms with Gasteiger partial charge in [0.15, 0.2) is 0 Å². The number of imidazole rings is 2. The second kappa shape index (κ2) is 22.3. The Kier molecular flexibility index (Phi) is 17.6. The number of nitrogens with two attached hydrogens (primary N) is 2. The highest BCUT2D eigenvalue weighted by atomic mass is 32.3. The summed E-state index contributed by atoms with van der Waals surface area (Å²) in [7, 11) is -15.0. The molecule has 0 atom stereocenters. The molecule has 8 rings (SSSR count). The molecule has 2 fully saturated rings. The number of fused-ring (bicyclic) bond motifs is 2. The lowest BCUT2D eigenvalue weighted by molar-refractivity contribution is 0.0321. The standard InChI is InChI=1S/2C16H19N5O4S2.2CH4O3S/c2*17-27(22,23)16-19-21-11-14(18-15(21)26-16)12-1-3-13(4-2-12)25-10-7-20-5-8-24-9-6-20;2*1-5(2,3)4/h2*1-4,11H,5-10H2,(H2,17,22,23);2*1H3,(H,2,3,4). The summed E-state index contributed by atoms with van der Waals surface area (Å²) >= 11 is 1.87. The topological polar surface area (TPSA) is 333 Å². The maximum absolute atomic E-state index is 11.3. The Morgan fingerprint density at radius 1 is 0.594 bits per heavy atom. The maximum atomic E-state index is 11.3. The van der Waals surface area contributed by atoms with Crippen molar-refractivity contribution in [2.24, 2.45) is 10.3 Å². The Morgan fingerprint density at radius 3 is 1.19 bits per heavy atom. The quantitative estimate of drug-likeness (QED) is 0.122. The van der Waals surface area contributed by atoms with Crippen LogP contribution in [-0.2, 0) is 49.8 Å². The average Bonchev–Trinajstić information content (AvgIpc) is 3.99. The van der Waals surface area contributed by atoms with Crippen molar-refractivity contribution in [3.05, 3.63) is 60.9 Å². The number of morpholine rings is 2. The van der Waals surface area contributed by atoms with E-state index in [1.807, 2.05) is 48.5 Å². The molecule has 0 aliphatic carbocycles. The molecule has 0 saturated carbocycles. The van der Waals surface area contributed by atoms with Crippen molar-refractivity contribution in [1.29, 1.82) is 0 Å². The van der Waals surface area contributed by atoms with Gasteiger partial charge in [0.1, 0.15) is 24.7 Å². The highest BCUT2D eigenvalue weighted by Crippen LogP contribution is 2.27. The third-order valence-corrected chi connectivity index (χ3v) is 12.9. The van der Waals surface area contributed by atoms with Gasteiger partial charge in [-0.1, -0.05) is 22.7 Å². The van der Waals surface area contributed by atoms with Gasteiger partial charge in [-0.05, 0) is 48.5 Å². The lowest BCUT2D eigenvalue weighted by atomic mass is 10.2. The molecule has 4 aromatic heterocycles. The van der Waals surface area contributed by atoms with Crippen LogP contribution >= 0.6 is 22.7 Å². The third kappa shape index (κ3) is 17.3. The minimum absolute atomic E-state index is 0.152. The van der Waals surface area contributed by atoms with Crippen LogP contribution in [0.5, 0.6) is 11.5 Å². The van der Waals surface area contributed by atoms with Gasteiger partial charge in [0.25, 0.3) is 40.3 Å². The van der Waals surface area contributed by atoms with E-state index in [-0.39, 0.29) is 8.68 Å². The first-order valence-electron chi connectivity index (χ1n) is 18.7. The molecule has 6 N–H and O–H groups in total. The largest absolute Gasteiger partial charge is 0.492 e. The molecule has 0 amide bonds. The van der Waals surface area contributed by atoms with Gasteiger partial charge >= 0.3 is 0 Å². The first-order valence-corrected chi connectivity index (χ1v) is 27.1. The van der Waals surface area contributed by atoms with Crippen molar-refractivity contribution in [2.75, 3.05) is 91.4 Å². The normalized spacial score (nSPS) is 15.3. The number of hydrogen-bond acceptors (Lipinski definition) is 20. The first-order chi connectivity index (χ1) is 30.0. The monoisotopic (exact) mass is 1010 g/mol. The molecular weight excluding hydrogens is 965 g/mol. The van der Waals surface area contributed by atoms with Crippen LogP contribution in [0.25, 0.3) is 32.4 Å². The first kappa shape index (κ1) is 50.7. The van der Waals surface area contributed by atoms with E-state index in [2.05, 4.69) is 30.0 Å². The highest BCUT2D eigenvalue weighted by molar-refractivity contribution is 7.91. The molecule has 2 aliphatic rings. The third-order valence-electron chi connectivity index (χ3n) is 8.40. The summed E-state index contributed by atoms with van der Waals surface area (Å²) in [5.41, 5.74) is 3.19. The fourth-order valence-corrected chi connectivity index (χ4v) is 8.56. The van der Waals surface area contributed by atoms with Crippen LogP contribution in [0, 0.1) is 0 Å². The zero-order valence-electron chi connectivity index (χ0n) is 34.2. The average molecular weight is 1010 g/mol. The zero-order chi connectivity index (χ0) is 46.7. The smallest absolute Gasteiger partial charge is 0.267 e. The lowest BCUT2D eigenvalue weighted by Gasteiger charge is -2.26. The van der Waals surface area contributed by atoms with Crippen LogP contribution in [0.1, 0.15) is 0 Å². The Bertz CT molecular complexity index is 2610. The number of primary sulfonamides is 2. The van der Waals surface area contributed by atoms with E-state index >= 15 is 0 Å². The fourth-order valence-electron chi connectivity index (χ4n) is 5.55. The van der Waals surface area contributed by atoms with Gasteiger partial charge in [-0.2, -0.15) is 16.8 Å². The van der Waals surface area contributed by atoms with E-state index in [4.69, 9.17) is 38.3 Å². The molecule has 2 aromatic carbocycles. The van der Waals surface area contributed by atoms with E-state index in [9.17, 15) is 33.7 Å². The SMILES string of the molecule is CS(=O)(=O)O.CS(=O)(=O)O.NS(=O)(=O)c1nn2cc(-c3ccc(OCCN4CCOCC4)cc3)nc2s1.NS(=O)(=O)c1nn2cc(-c3ccc(OCCN4CCOCC4)cc3)nc2s1. The van der Waals surface area contributed by atoms with Crippen molar-refractivity contribution in [2.45, 2.75) is 8.68 Å². The van der Waals surface area contributed by atoms with E-state index in [1.54, 1.807) is 12.4 Å². The van der Waals surface area contributed by atoms with Crippen molar-refractivity contribution in [3.63, 3.8) is 0 Å². The van der Waals surface area contributed by atoms with Crippen LogP contribution in [0.15, 0.2) is 69.6 Å². The molecule has 64 heavy (non-hydrogen) atoms. The molecule has 352 valence electrons. The summed E-state index contributed by atoms with van der Waals surface area (Å²) in [6.07, 6.45) is 4.78. The van der Waals surface area contributed by atoms with Gasteiger partial charge in [-0.3, -0.25) is 18.9 Å². The number of benzene rings is 2. The van der Waals surface area contributed by atoms with Crippen LogP contribution < -0.4 is 19.8 Å². The molecule has 0 spiro atoms. The molecule has 0 unspecified atom stereocenters. The summed E-state index contributed by atoms with van der Waals surface area (Å²) in [6, 6.07) is 15.2. The maximum Gasteiger partial charge on any atom is 0.267 e. The van der Waals surface area contributed by atoms with Crippen LogP contribution in [0.3, 0.4) is 0 Å². The molecule has 2 saturated heterocycles. The Balaban J connectivity index is 0.000000199. The summed E-state index contributed by atoms with van der Waals surface area (Å²) in [4.78, 5) is 14.4. The van der Waals surface area contributed by atoms with Gasteiger partial charge in [0, 0.05) is 50.4 Å². The van der Waals surface area contributed by atoms with Crippen molar-refractivity contribution in [1.82, 2.24) is 39.0 Å². The van der Waals surface area contributed by atoms with E-state index < -0.39 is 40.3 Å². The Labute approximate surface area is 376 Å². The van der Waals surface area contributed by atoms with Gasteiger partial charge in [0.05, 0.1) is 62.7 Å². The molecule has 0 radical (unpaired) electrons. The summed E-state index contributed by atoms with van der Waals surface area (Å²) in [5, 5.41) is 18.1. The van der Waals surface area contributed by atoms with Crippen molar-refractivity contribution in [3.8, 4) is 34.0 Å². The zero-order valence-corrected chi connectivity index (χ0v) is 39.1. The summed E-state index contributed by atoms with van der Waals surface area (Å²) in [5.74, 6) is 1.59.